The molecule has 0 amide bonds. The topological polar surface area (TPSA) is 56.0 Å². The summed E-state index contributed by atoms with van der Waals surface area (Å²) in [6.45, 7) is 0. The van der Waals surface area contributed by atoms with Crippen LogP contribution in [0.3, 0.4) is 0 Å². The first-order valence-electron chi connectivity index (χ1n) is 6.93. The Balaban J connectivity index is 1.78. The Morgan fingerprint density at radius 3 is 2.67 bits per heavy atom. The highest BCUT2D eigenvalue weighted by Gasteiger charge is 2.24. The number of rotatable bonds is 3. The Kier molecular flexibility index (Phi) is 3.77. The molecule has 0 N–H and O–H groups in total. The zero-order valence-electron chi connectivity index (χ0n) is 11.3. The van der Waals surface area contributed by atoms with E-state index in [9.17, 15) is 13.6 Å². The lowest BCUT2D eigenvalue weighted by Crippen LogP contribution is -2.21. The van der Waals surface area contributed by atoms with Crippen LogP contribution in [-0.2, 0) is 11.2 Å². The van der Waals surface area contributed by atoms with Crippen molar-refractivity contribution in [3.05, 3.63) is 35.7 Å². The summed E-state index contributed by atoms with van der Waals surface area (Å²) in [6.07, 6.45) is 3.77. The zero-order chi connectivity index (χ0) is 14.8. The second kappa shape index (κ2) is 5.71. The van der Waals surface area contributed by atoms with E-state index < -0.39 is 11.6 Å². The highest BCUT2D eigenvalue weighted by molar-refractivity contribution is 5.81. The molecule has 1 aliphatic carbocycles. The molecule has 1 fully saturated rings. The number of carbonyl (C=O) groups excluding carboxylic acids is 1. The van der Waals surface area contributed by atoms with Crippen LogP contribution in [0.1, 0.15) is 31.6 Å². The summed E-state index contributed by atoms with van der Waals surface area (Å²) in [5.41, 5.74) is 0.220. The Morgan fingerprint density at radius 1 is 1.19 bits per heavy atom. The van der Waals surface area contributed by atoms with Gasteiger partial charge >= 0.3 is 0 Å². The molecule has 1 aliphatic rings. The summed E-state index contributed by atoms with van der Waals surface area (Å²) in [5, 5.41) is 3.73. The quantitative estimate of drug-likeness (QED) is 0.870. The van der Waals surface area contributed by atoms with Gasteiger partial charge in [-0.1, -0.05) is 11.6 Å². The first-order valence-corrected chi connectivity index (χ1v) is 6.93. The maximum Gasteiger partial charge on any atom is 0.227 e. The van der Waals surface area contributed by atoms with Gasteiger partial charge in [-0.15, -0.1) is 0 Å². The van der Waals surface area contributed by atoms with E-state index in [0.717, 1.165) is 37.5 Å². The van der Waals surface area contributed by atoms with Crippen molar-refractivity contribution in [2.24, 2.45) is 5.92 Å². The lowest BCUT2D eigenvalue weighted by Gasteiger charge is -2.18. The van der Waals surface area contributed by atoms with Crippen molar-refractivity contribution in [1.82, 2.24) is 10.1 Å². The van der Waals surface area contributed by atoms with Gasteiger partial charge in [0.25, 0.3) is 0 Å². The predicted molar refractivity (Wildman–Crippen MR) is 70.3 cm³/mol. The second-order valence-corrected chi connectivity index (χ2v) is 5.28. The number of hydrogen-bond donors (Lipinski definition) is 0. The smallest absolute Gasteiger partial charge is 0.227 e. The summed E-state index contributed by atoms with van der Waals surface area (Å²) in [7, 11) is 0. The fraction of sp³-hybridized carbons (Fsp3) is 0.400. The van der Waals surface area contributed by atoms with Gasteiger partial charge in [0, 0.05) is 30.4 Å². The normalized spacial score (nSPS) is 19.0. The standard InChI is InChI=1S/C15H14F2N2O2/c16-11-5-10(6-12(17)8-11)15-18-14(21-19-15)7-9-3-1-2-4-13(9)20/h5-6,8-9H,1-4,7H2. The van der Waals surface area contributed by atoms with Gasteiger partial charge in [0.15, 0.2) is 0 Å². The molecule has 21 heavy (non-hydrogen) atoms. The van der Waals surface area contributed by atoms with E-state index in [1.54, 1.807) is 0 Å². The Bertz CT molecular complexity index is 649. The SMILES string of the molecule is O=C1CCCCC1Cc1nc(-c2cc(F)cc(F)c2)no1. The van der Waals surface area contributed by atoms with Crippen molar-refractivity contribution < 1.29 is 18.1 Å². The van der Waals surface area contributed by atoms with Gasteiger partial charge in [0.1, 0.15) is 17.4 Å². The molecule has 1 aromatic carbocycles. The number of carbonyl (C=O) groups is 1. The summed E-state index contributed by atoms with van der Waals surface area (Å²) >= 11 is 0. The molecule has 0 spiro atoms. The van der Waals surface area contributed by atoms with E-state index >= 15 is 0 Å². The lowest BCUT2D eigenvalue weighted by molar-refractivity contribution is -0.124. The van der Waals surface area contributed by atoms with Gasteiger partial charge in [-0.3, -0.25) is 4.79 Å². The minimum atomic E-state index is -0.696. The number of benzene rings is 1. The third kappa shape index (κ3) is 3.15. The molecule has 6 heteroatoms. The predicted octanol–water partition coefficient (Wildman–Crippen LogP) is 3.32. The molecule has 4 nitrogen and oxygen atoms in total. The number of aromatic nitrogens is 2. The van der Waals surface area contributed by atoms with Crippen molar-refractivity contribution in [2.75, 3.05) is 0 Å². The molecule has 1 aromatic heterocycles. The van der Waals surface area contributed by atoms with Crippen molar-refractivity contribution >= 4 is 5.78 Å². The monoisotopic (exact) mass is 292 g/mol. The van der Waals surface area contributed by atoms with Crippen molar-refractivity contribution in [2.45, 2.75) is 32.1 Å². The van der Waals surface area contributed by atoms with Crippen molar-refractivity contribution in [3.8, 4) is 11.4 Å². The van der Waals surface area contributed by atoms with Crippen LogP contribution in [0.2, 0.25) is 0 Å². The number of nitrogens with zero attached hydrogens (tertiary/aromatic N) is 2. The Labute approximate surface area is 120 Å². The number of hydrogen-bond acceptors (Lipinski definition) is 4. The summed E-state index contributed by atoms with van der Waals surface area (Å²) in [5.74, 6) is -0.798. The minimum Gasteiger partial charge on any atom is -0.339 e. The van der Waals surface area contributed by atoms with Gasteiger partial charge in [0.2, 0.25) is 11.7 Å². The van der Waals surface area contributed by atoms with E-state index in [0.29, 0.717) is 18.7 Å². The molecule has 0 bridgehead atoms. The molecule has 1 saturated carbocycles. The van der Waals surface area contributed by atoms with E-state index in [1.165, 1.54) is 0 Å². The highest BCUT2D eigenvalue weighted by atomic mass is 19.1. The molecular formula is C15H14F2N2O2. The molecule has 0 saturated heterocycles. The van der Waals surface area contributed by atoms with E-state index in [-0.39, 0.29) is 23.1 Å². The fourth-order valence-corrected chi connectivity index (χ4v) is 2.62. The summed E-state index contributed by atoms with van der Waals surface area (Å²) < 4.78 is 31.4. The van der Waals surface area contributed by atoms with Gasteiger partial charge in [-0.25, -0.2) is 8.78 Å². The van der Waals surface area contributed by atoms with Crippen LogP contribution >= 0.6 is 0 Å². The van der Waals surface area contributed by atoms with Crippen LogP contribution in [0.5, 0.6) is 0 Å². The average Bonchev–Trinajstić information content (AvgIpc) is 2.89. The van der Waals surface area contributed by atoms with Crippen molar-refractivity contribution in [1.29, 1.82) is 0 Å². The second-order valence-electron chi connectivity index (χ2n) is 5.28. The average molecular weight is 292 g/mol. The van der Waals surface area contributed by atoms with E-state index in [4.69, 9.17) is 4.52 Å². The number of halogens is 2. The third-order valence-corrected chi connectivity index (χ3v) is 3.69. The summed E-state index contributed by atoms with van der Waals surface area (Å²) in [6, 6.07) is 3.07. The van der Waals surface area contributed by atoms with Crippen LogP contribution in [-0.4, -0.2) is 15.9 Å². The van der Waals surface area contributed by atoms with Gasteiger partial charge in [-0.2, -0.15) is 4.98 Å². The number of Topliss-reactive ketones (excluding diaryl/α,β-unsaturated/α-hetero) is 1. The molecule has 3 rings (SSSR count). The lowest BCUT2D eigenvalue weighted by atomic mass is 9.86. The minimum absolute atomic E-state index is 0.0868. The van der Waals surface area contributed by atoms with Crippen molar-refractivity contribution in [3.63, 3.8) is 0 Å². The van der Waals surface area contributed by atoms with Crippen LogP contribution in [0.15, 0.2) is 22.7 Å². The van der Waals surface area contributed by atoms with Gasteiger partial charge < -0.3 is 4.52 Å². The van der Waals surface area contributed by atoms with Gasteiger partial charge in [0.05, 0.1) is 0 Å². The van der Waals surface area contributed by atoms with Gasteiger partial charge in [-0.05, 0) is 25.0 Å². The van der Waals surface area contributed by atoms with Crippen LogP contribution in [0.25, 0.3) is 11.4 Å². The maximum absolute atomic E-state index is 13.2. The number of ketones is 1. The molecule has 110 valence electrons. The van der Waals surface area contributed by atoms with E-state index in [2.05, 4.69) is 10.1 Å². The molecule has 0 aliphatic heterocycles. The molecule has 2 aromatic rings. The zero-order valence-corrected chi connectivity index (χ0v) is 11.3. The fourth-order valence-electron chi connectivity index (χ4n) is 2.62. The Hall–Kier alpha value is -2.11. The molecule has 1 unspecified atom stereocenters. The van der Waals surface area contributed by atoms with Crippen LogP contribution in [0, 0.1) is 17.6 Å². The van der Waals surface area contributed by atoms with E-state index in [1.807, 2.05) is 0 Å². The first kappa shape index (κ1) is 13.9. The first-order chi connectivity index (χ1) is 10.1. The molecule has 0 radical (unpaired) electrons. The summed E-state index contributed by atoms with van der Waals surface area (Å²) in [4.78, 5) is 15.9. The molecule has 1 heterocycles. The van der Waals surface area contributed by atoms with Crippen LogP contribution < -0.4 is 0 Å². The third-order valence-electron chi connectivity index (χ3n) is 3.69. The van der Waals surface area contributed by atoms with Crippen LogP contribution in [0.4, 0.5) is 8.78 Å². The molecule has 1 atom stereocenters. The largest absolute Gasteiger partial charge is 0.339 e. The molecular weight excluding hydrogens is 278 g/mol. The maximum atomic E-state index is 13.2. The highest BCUT2D eigenvalue weighted by Crippen LogP contribution is 2.25. The Morgan fingerprint density at radius 2 is 1.95 bits per heavy atom.